The molecule has 0 aromatic carbocycles. The van der Waals surface area contributed by atoms with Gasteiger partial charge in [0.25, 0.3) is 5.60 Å². The SMILES string of the molecule is CCC(C)C(=O)OC(C)(C(F)(F)F)C(F)(F)C(O)(C(F)(F)F)C(F)(F)F. The van der Waals surface area contributed by atoms with Crippen molar-refractivity contribution < 1.29 is 62.9 Å². The van der Waals surface area contributed by atoms with Crippen LogP contribution in [0.5, 0.6) is 0 Å². The molecule has 0 aromatic rings. The van der Waals surface area contributed by atoms with Crippen LogP contribution in [0, 0.1) is 5.92 Å². The van der Waals surface area contributed by atoms with E-state index in [9.17, 15) is 53.1 Å². The standard InChI is InChI=1S/C12H13F11O3/c1-4-5(2)6(24)26-7(3,10(15,16)17)9(13,14)8(25,11(18,19)20)12(21,22)23/h5,25H,4H2,1-3H3. The molecule has 0 rings (SSSR count). The minimum absolute atomic E-state index is 0.318. The van der Waals surface area contributed by atoms with Crippen LogP contribution in [0.4, 0.5) is 48.3 Å². The largest absolute Gasteiger partial charge is 0.443 e. The Labute approximate surface area is 139 Å². The number of halogens is 11. The van der Waals surface area contributed by atoms with E-state index in [4.69, 9.17) is 5.11 Å². The highest BCUT2D eigenvalue weighted by Crippen LogP contribution is 2.59. The maximum absolute atomic E-state index is 14.0. The van der Waals surface area contributed by atoms with E-state index < -0.39 is 54.5 Å². The van der Waals surface area contributed by atoms with E-state index in [0.717, 1.165) is 13.8 Å². The van der Waals surface area contributed by atoms with Gasteiger partial charge in [-0.2, -0.15) is 48.3 Å². The normalized spacial score (nSPS) is 18.3. The lowest BCUT2D eigenvalue weighted by Gasteiger charge is -2.46. The van der Waals surface area contributed by atoms with Gasteiger partial charge in [0.05, 0.1) is 5.92 Å². The van der Waals surface area contributed by atoms with Crippen molar-refractivity contribution in [1.82, 2.24) is 0 Å². The molecule has 0 aliphatic heterocycles. The van der Waals surface area contributed by atoms with Gasteiger partial charge in [-0.05, 0) is 13.3 Å². The van der Waals surface area contributed by atoms with Crippen molar-refractivity contribution in [2.45, 2.75) is 62.8 Å². The molecule has 0 bridgehead atoms. The average molecular weight is 414 g/mol. The highest BCUT2D eigenvalue weighted by molar-refractivity contribution is 5.72. The molecule has 156 valence electrons. The summed E-state index contributed by atoms with van der Waals surface area (Å²) in [7, 11) is 0. The van der Waals surface area contributed by atoms with Gasteiger partial charge in [-0.15, -0.1) is 0 Å². The Morgan fingerprint density at radius 3 is 1.46 bits per heavy atom. The number of alkyl halides is 11. The van der Waals surface area contributed by atoms with Crippen LogP contribution in [0.1, 0.15) is 27.2 Å². The van der Waals surface area contributed by atoms with E-state index in [1.54, 1.807) is 0 Å². The maximum atomic E-state index is 14.0. The molecule has 2 atom stereocenters. The van der Waals surface area contributed by atoms with Crippen molar-refractivity contribution in [3.63, 3.8) is 0 Å². The molecule has 1 N–H and O–H groups in total. The van der Waals surface area contributed by atoms with Crippen molar-refractivity contribution >= 4 is 5.97 Å². The Balaban J connectivity index is 6.70. The van der Waals surface area contributed by atoms with Crippen molar-refractivity contribution in [3.05, 3.63) is 0 Å². The van der Waals surface area contributed by atoms with Gasteiger partial charge in [0, 0.05) is 0 Å². The second-order valence-corrected chi connectivity index (χ2v) is 5.54. The van der Waals surface area contributed by atoms with E-state index >= 15 is 0 Å². The fourth-order valence-electron chi connectivity index (χ4n) is 1.63. The molecule has 26 heavy (non-hydrogen) atoms. The average Bonchev–Trinajstić information content (AvgIpc) is 2.40. The second kappa shape index (κ2) is 6.68. The van der Waals surface area contributed by atoms with Crippen LogP contribution in [-0.2, 0) is 9.53 Å². The first-order valence-electron chi connectivity index (χ1n) is 6.65. The monoisotopic (exact) mass is 414 g/mol. The van der Waals surface area contributed by atoms with E-state index in [0.29, 0.717) is 0 Å². The van der Waals surface area contributed by atoms with Gasteiger partial charge in [0.1, 0.15) is 0 Å². The topological polar surface area (TPSA) is 46.5 Å². The fraction of sp³-hybridized carbons (Fsp3) is 0.917. The van der Waals surface area contributed by atoms with Crippen molar-refractivity contribution in [2.75, 3.05) is 0 Å². The van der Waals surface area contributed by atoms with Crippen LogP contribution in [-0.4, -0.2) is 46.7 Å². The predicted octanol–water partition coefficient (Wildman–Crippen LogP) is 4.39. The van der Waals surface area contributed by atoms with E-state index in [-0.39, 0.29) is 6.42 Å². The molecular weight excluding hydrogens is 401 g/mol. The summed E-state index contributed by atoms with van der Waals surface area (Å²) < 4.78 is 146. The Bertz CT molecular complexity index is 506. The summed E-state index contributed by atoms with van der Waals surface area (Å²) in [5.41, 5.74) is -12.8. The van der Waals surface area contributed by atoms with Gasteiger partial charge in [0.2, 0.25) is 0 Å². The molecule has 14 heteroatoms. The van der Waals surface area contributed by atoms with Crippen LogP contribution in [0.3, 0.4) is 0 Å². The molecule has 0 fully saturated rings. The van der Waals surface area contributed by atoms with Crippen molar-refractivity contribution in [2.24, 2.45) is 5.92 Å². The number of esters is 1. The zero-order valence-electron chi connectivity index (χ0n) is 13.2. The number of carbonyl (C=O) groups excluding carboxylic acids is 1. The molecular formula is C12H13F11O3. The third kappa shape index (κ3) is 3.56. The third-order valence-electron chi connectivity index (χ3n) is 3.73. The Kier molecular flexibility index (Phi) is 6.33. The van der Waals surface area contributed by atoms with Gasteiger partial charge in [-0.25, -0.2) is 0 Å². The molecule has 0 aliphatic rings. The number of hydrogen-bond acceptors (Lipinski definition) is 3. The Morgan fingerprint density at radius 1 is 0.885 bits per heavy atom. The number of ether oxygens (including phenoxy) is 1. The van der Waals surface area contributed by atoms with Crippen LogP contribution >= 0.6 is 0 Å². The predicted molar refractivity (Wildman–Crippen MR) is 62.0 cm³/mol. The fourth-order valence-corrected chi connectivity index (χ4v) is 1.63. The summed E-state index contributed by atoms with van der Waals surface area (Å²) in [4.78, 5) is 11.4. The molecule has 0 saturated carbocycles. The number of hydrogen-bond donors (Lipinski definition) is 1. The van der Waals surface area contributed by atoms with Gasteiger partial charge < -0.3 is 9.84 Å². The molecule has 0 saturated heterocycles. The molecule has 0 heterocycles. The number of rotatable bonds is 5. The van der Waals surface area contributed by atoms with Crippen molar-refractivity contribution in [3.8, 4) is 0 Å². The molecule has 0 radical (unpaired) electrons. The van der Waals surface area contributed by atoms with Crippen molar-refractivity contribution in [1.29, 1.82) is 0 Å². The molecule has 0 aromatic heterocycles. The van der Waals surface area contributed by atoms with Gasteiger partial charge in [-0.3, -0.25) is 4.79 Å². The molecule has 3 nitrogen and oxygen atoms in total. The van der Waals surface area contributed by atoms with Crippen LogP contribution in [0.15, 0.2) is 0 Å². The molecule has 2 unspecified atom stereocenters. The van der Waals surface area contributed by atoms with Crippen LogP contribution < -0.4 is 0 Å². The van der Waals surface area contributed by atoms with Gasteiger partial charge in [-0.1, -0.05) is 13.8 Å². The molecule has 0 aliphatic carbocycles. The summed E-state index contributed by atoms with van der Waals surface area (Å²) >= 11 is 0. The second-order valence-electron chi connectivity index (χ2n) is 5.54. The number of carbonyl (C=O) groups is 1. The minimum Gasteiger partial charge on any atom is -0.443 e. The highest BCUT2D eigenvalue weighted by atomic mass is 19.4. The quantitative estimate of drug-likeness (QED) is 0.537. The molecule has 0 amide bonds. The van der Waals surface area contributed by atoms with Crippen LogP contribution in [0.2, 0.25) is 0 Å². The first-order valence-corrected chi connectivity index (χ1v) is 6.65. The zero-order chi connectivity index (χ0) is 21.6. The first-order chi connectivity index (χ1) is 11.1. The summed E-state index contributed by atoms with van der Waals surface area (Å²) in [6.45, 7) is 1.13. The van der Waals surface area contributed by atoms with Gasteiger partial charge in [0.15, 0.2) is 0 Å². The first kappa shape index (κ1) is 24.7. The van der Waals surface area contributed by atoms with E-state index in [1.165, 1.54) is 0 Å². The summed E-state index contributed by atoms with van der Waals surface area (Å²) in [6.07, 6.45) is -21.5. The lowest BCUT2D eigenvalue weighted by molar-refractivity contribution is -0.462. The van der Waals surface area contributed by atoms with Crippen LogP contribution in [0.25, 0.3) is 0 Å². The zero-order valence-corrected chi connectivity index (χ0v) is 13.2. The minimum atomic E-state index is -7.29. The van der Waals surface area contributed by atoms with Gasteiger partial charge >= 0.3 is 36.0 Å². The van der Waals surface area contributed by atoms with E-state index in [2.05, 4.69) is 4.74 Å². The summed E-state index contributed by atoms with van der Waals surface area (Å²) in [6, 6.07) is 0. The summed E-state index contributed by atoms with van der Waals surface area (Å²) in [5.74, 6) is -10.8. The summed E-state index contributed by atoms with van der Waals surface area (Å²) in [5, 5.41) is 8.73. The Hall–Kier alpha value is -1.34. The maximum Gasteiger partial charge on any atom is 0.434 e. The molecule has 0 spiro atoms. The lowest BCUT2D eigenvalue weighted by atomic mass is 9.81. The smallest absolute Gasteiger partial charge is 0.434 e. The number of aliphatic hydroxyl groups is 1. The Morgan fingerprint density at radius 2 is 1.23 bits per heavy atom. The highest BCUT2D eigenvalue weighted by Gasteiger charge is 2.90. The third-order valence-corrected chi connectivity index (χ3v) is 3.73. The lowest BCUT2D eigenvalue weighted by Crippen LogP contribution is -2.77. The van der Waals surface area contributed by atoms with E-state index in [1.807, 2.05) is 0 Å².